The Morgan fingerprint density at radius 1 is 1.37 bits per heavy atom. The molecule has 0 aliphatic heterocycles. The van der Waals surface area contributed by atoms with Crippen molar-refractivity contribution in [1.82, 2.24) is 4.98 Å². The molecule has 19 heavy (non-hydrogen) atoms. The average molecular weight is 363 g/mol. The van der Waals surface area contributed by atoms with Crippen LogP contribution in [0.4, 0.5) is 5.69 Å². The summed E-state index contributed by atoms with van der Waals surface area (Å²) >= 11 is 4.19. The standard InChI is InChI=1S/C10H7BrN2O4S2/c11-7-3-4-8(18-7)19(16,17)13-6-2-1-5-12-9(6)10(14)15/h1-5,13H,(H,14,15). The molecule has 2 heterocycles. The molecular formula is C10H7BrN2O4S2. The predicted octanol–water partition coefficient (Wildman–Crippen LogP) is 2.40. The Morgan fingerprint density at radius 2 is 2.11 bits per heavy atom. The number of nitrogens with one attached hydrogen (secondary N) is 1. The third-order valence-corrected chi connectivity index (χ3v) is 5.55. The van der Waals surface area contributed by atoms with Crippen molar-refractivity contribution in [3.8, 4) is 0 Å². The molecule has 0 fully saturated rings. The predicted molar refractivity (Wildman–Crippen MR) is 74.0 cm³/mol. The Labute approximate surface area is 121 Å². The van der Waals surface area contributed by atoms with Gasteiger partial charge in [0.05, 0.1) is 9.47 Å². The van der Waals surface area contributed by atoms with Crippen LogP contribution in [0.25, 0.3) is 0 Å². The minimum atomic E-state index is -3.81. The minimum Gasteiger partial charge on any atom is -0.476 e. The molecule has 0 radical (unpaired) electrons. The summed E-state index contributed by atoms with van der Waals surface area (Å²) in [6.07, 6.45) is 1.28. The molecule has 2 rings (SSSR count). The second kappa shape index (κ2) is 5.27. The van der Waals surface area contributed by atoms with E-state index in [1.165, 1.54) is 24.4 Å². The first-order chi connectivity index (χ1) is 8.90. The molecule has 0 aliphatic carbocycles. The first kappa shape index (κ1) is 14.0. The average Bonchev–Trinajstić information content (AvgIpc) is 2.76. The van der Waals surface area contributed by atoms with Crippen LogP contribution in [0.3, 0.4) is 0 Å². The number of nitrogens with zero attached hydrogens (tertiary/aromatic N) is 1. The van der Waals surface area contributed by atoms with Crippen LogP contribution in [-0.2, 0) is 10.0 Å². The molecule has 0 saturated heterocycles. The van der Waals surface area contributed by atoms with E-state index in [1.54, 1.807) is 6.07 Å². The minimum absolute atomic E-state index is 0.0699. The summed E-state index contributed by atoms with van der Waals surface area (Å²) in [4.78, 5) is 14.6. The number of rotatable bonds is 4. The fourth-order valence-electron chi connectivity index (χ4n) is 1.30. The van der Waals surface area contributed by atoms with E-state index >= 15 is 0 Å². The topological polar surface area (TPSA) is 96.4 Å². The second-order valence-corrected chi connectivity index (χ2v) is 7.74. The molecule has 0 unspecified atom stereocenters. The molecular weight excluding hydrogens is 356 g/mol. The zero-order valence-electron chi connectivity index (χ0n) is 9.20. The van der Waals surface area contributed by atoms with Gasteiger partial charge in [-0.3, -0.25) is 4.72 Å². The lowest BCUT2D eigenvalue weighted by Gasteiger charge is -2.07. The van der Waals surface area contributed by atoms with Crippen molar-refractivity contribution in [2.45, 2.75) is 4.21 Å². The monoisotopic (exact) mass is 362 g/mol. The zero-order valence-corrected chi connectivity index (χ0v) is 12.4. The molecule has 6 nitrogen and oxygen atoms in total. The third-order valence-electron chi connectivity index (χ3n) is 2.07. The van der Waals surface area contributed by atoms with Crippen molar-refractivity contribution in [2.75, 3.05) is 4.72 Å². The number of hydrogen-bond donors (Lipinski definition) is 2. The Kier molecular flexibility index (Phi) is 3.88. The van der Waals surface area contributed by atoms with Crippen LogP contribution in [0.15, 0.2) is 38.5 Å². The number of hydrogen-bond acceptors (Lipinski definition) is 5. The van der Waals surface area contributed by atoms with Gasteiger partial charge in [0.2, 0.25) is 0 Å². The van der Waals surface area contributed by atoms with E-state index < -0.39 is 16.0 Å². The Hall–Kier alpha value is -1.45. The summed E-state index contributed by atoms with van der Waals surface area (Å²) in [6, 6.07) is 5.82. The highest BCUT2D eigenvalue weighted by Gasteiger charge is 2.20. The van der Waals surface area contributed by atoms with Crippen molar-refractivity contribution < 1.29 is 18.3 Å². The zero-order chi connectivity index (χ0) is 14.0. The molecule has 9 heteroatoms. The number of anilines is 1. The maximum Gasteiger partial charge on any atom is 0.356 e. The van der Waals surface area contributed by atoms with Crippen LogP contribution in [0.2, 0.25) is 0 Å². The number of halogens is 1. The maximum absolute atomic E-state index is 12.0. The van der Waals surface area contributed by atoms with Crippen molar-refractivity contribution in [3.05, 3.63) is 39.9 Å². The van der Waals surface area contributed by atoms with Crippen molar-refractivity contribution in [3.63, 3.8) is 0 Å². The number of carboxylic acids is 1. The van der Waals surface area contributed by atoms with Gasteiger partial charge in [-0.1, -0.05) is 0 Å². The summed E-state index contributed by atoms with van der Waals surface area (Å²) in [5.74, 6) is -1.30. The fourth-order valence-corrected chi connectivity index (χ4v) is 4.37. The summed E-state index contributed by atoms with van der Waals surface area (Å²) in [6.45, 7) is 0. The van der Waals surface area contributed by atoms with Gasteiger partial charge in [0.1, 0.15) is 4.21 Å². The first-order valence-corrected chi connectivity index (χ1v) is 7.96. The Balaban J connectivity index is 2.39. The molecule has 2 aromatic rings. The number of carboxylic acid groups (broad SMARTS) is 1. The lowest BCUT2D eigenvalue weighted by atomic mass is 10.3. The van der Waals surface area contributed by atoms with Crippen LogP contribution in [0, 0.1) is 0 Å². The molecule has 0 atom stereocenters. The number of thiophene rings is 1. The molecule has 0 bridgehead atoms. The van der Waals surface area contributed by atoms with Gasteiger partial charge in [-0.25, -0.2) is 18.2 Å². The van der Waals surface area contributed by atoms with Crippen LogP contribution >= 0.6 is 27.3 Å². The summed E-state index contributed by atoms with van der Waals surface area (Å²) < 4.78 is 27.1. The summed E-state index contributed by atoms with van der Waals surface area (Å²) in [5.41, 5.74) is -0.416. The first-order valence-electron chi connectivity index (χ1n) is 4.86. The van der Waals surface area contributed by atoms with Gasteiger partial charge >= 0.3 is 5.97 Å². The summed E-state index contributed by atoms with van der Waals surface area (Å²) in [5, 5.41) is 8.93. The molecule has 0 aromatic carbocycles. The Morgan fingerprint density at radius 3 is 2.68 bits per heavy atom. The van der Waals surface area contributed by atoms with E-state index in [0.29, 0.717) is 3.79 Å². The highest BCUT2D eigenvalue weighted by atomic mass is 79.9. The molecule has 0 spiro atoms. The Bertz CT molecular complexity index is 727. The number of carbonyl (C=O) groups is 1. The number of pyridine rings is 1. The van der Waals surface area contributed by atoms with Crippen LogP contribution < -0.4 is 4.72 Å². The van der Waals surface area contributed by atoms with Crippen molar-refractivity contribution in [2.24, 2.45) is 0 Å². The van der Waals surface area contributed by atoms with Crippen LogP contribution in [0.1, 0.15) is 10.5 Å². The van der Waals surface area contributed by atoms with Crippen LogP contribution in [-0.4, -0.2) is 24.5 Å². The van der Waals surface area contributed by atoms with Crippen molar-refractivity contribution in [1.29, 1.82) is 0 Å². The maximum atomic E-state index is 12.0. The fraction of sp³-hybridized carbons (Fsp3) is 0. The third kappa shape index (κ3) is 3.11. The van der Waals surface area contributed by atoms with Gasteiger partial charge in [-0.05, 0) is 40.2 Å². The van der Waals surface area contributed by atoms with E-state index in [9.17, 15) is 13.2 Å². The lowest BCUT2D eigenvalue weighted by Crippen LogP contribution is -2.15. The SMILES string of the molecule is O=C(O)c1ncccc1NS(=O)(=O)c1ccc(Br)s1. The largest absolute Gasteiger partial charge is 0.476 e. The number of sulfonamides is 1. The molecule has 2 N–H and O–H groups in total. The van der Waals surface area contributed by atoms with E-state index in [2.05, 4.69) is 25.6 Å². The number of aromatic nitrogens is 1. The quantitative estimate of drug-likeness (QED) is 0.870. The second-order valence-electron chi connectivity index (χ2n) is 3.37. The van der Waals surface area contributed by atoms with Gasteiger partial charge in [0.15, 0.2) is 5.69 Å². The molecule has 0 saturated carbocycles. The lowest BCUT2D eigenvalue weighted by molar-refractivity contribution is 0.0692. The highest BCUT2D eigenvalue weighted by molar-refractivity contribution is 9.11. The van der Waals surface area contributed by atoms with Crippen LogP contribution in [0.5, 0.6) is 0 Å². The van der Waals surface area contributed by atoms with Gasteiger partial charge in [-0.2, -0.15) is 0 Å². The van der Waals surface area contributed by atoms with E-state index in [-0.39, 0.29) is 15.6 Å². The smallest absolute Gasteiger partial charge is 0.356 e. The van der Waals surface area contributed by atoms with Gasteiger partial charge < -0.3 is 5.11 Å². The van der Waals surface area contributed by atoms with Gasteiger partial charge in [0.25, 0.3) is 10.0 Å². The van der Waals surface area contributed by atoms with Gasteiger partial charge in [-0.15, -0.1) is 11.3 Å². The van der Waals surface area contributed by atoms with Gasteiger partial charge in [0, 0.05) is 6.20 Å². The van der Waals surface area contributed by atoms with E-state index in [1.807, 2.05) is 0 Å². The normalized spacial score (nSPS) is 11.2. The summed E-state index contributed by atoms with van der Waals surface area (Å²) in [7, 11) is -3.81. The molecule has 2 aromatic heterocycles. The molecule has 100 valence electrons. The molecule has 0 aliphatic rings. The van der Waals surface area contributed by atoms with E-state index in [4.69, 9.17) is 5.11 Å². The number of aromatic carboxylic acids is 1. The van der Waals surface area contributed by atoms with E-state index in [0.717, 1.165) is 11.3 Å². The highest BCUT2D eigenvalue weighted by Crippen LogP contribution is 2.28. The van der Waals surface area contributed by atoms with Crippen molar-refractivity contribution >= 4 is 48.9 Å². The molecule has 0 amide bonds.